The number of carboxylic acids is 1. The highest BCUT2D eigenvalue weighted by Gasteiger charge is 2.53. The second-order valence-electron chi connectivity index (χ2n) is 8.92. The van der Waals surface area contributed by atoms with Crippen LogP contribution >= 0.6 is 0 Å². The maximum atomic E-state index is 15.9. The Morgan fingerprint density at radius 1 is 1.24 bits per heavy atom. The molecule has 1 aliphatic rings. The number of aliphatic carboxylic acids is 1. The number of methoxy groups -OCH3 is 1. The number of fused-ring (bicyclic) bond motifs is 2. The first-order chi connectivity index (χ1) is 15.7. The van der Waals surface area contributed by atoms with E-state index < -0.39 is 29.0 Å². The van der Waals surface area contributed by atoms with Gasteiger partial charge in [0.15, 0.2) is 23.1 Å². The van der Waals surface area contributed by atoms with Crippen molar-refractivity contribution in [2.24, 2.45) is 0 Å². The van der Waals surface area contributed by atoms with Crippen molar-refractivity contribution in [1.29, 1.82) is 0 Å². The van der Waals surface area contributed by atoms with Gasteiger partial charge in [0.05, 0.1) is 11.7 Å². The molecule has 0 atom stereocenters. The van der Waals surface area contributed by atoms with Gasteiger partial charge in [-0.25, -0.2) is 18.0 Å². The summed E-state index contributed by atoms with van der Waals surface area (Å²) in [5.74, 6) is -3.98. The monoisotopic (exact) mass is 457 g/mol. The van der Waals surface area contributed by atoms with Crippen molar-refractivity contribution in [3.8, 4) is 5.69 Å². The van der Waals surface area contributed by atoms with Crippen LogP contribution in [0.3, 0.4) is 0 Å². The second kappa shape index (κ2) is 7.34. The van der Waals surface area contributed by atoms with Crippen molar-refractivity contribution in [2.45, 2.75) is 44.1 Å². The van der Waals surface area contributed by atoms with E-state index >= 15 is 4.39 Å². The van der Waals surface area contributed by atoms with Gasteiger partial charge in [-0.2, -0.15) is 5.10 Å². The average molecular weight is 457 g/mol. The summed E-state index contributed by atoms with van der Waals surface area (Å²) < 4.78 is 50.8. The molecular weight excluding hydrogens is 435 g/mol. The van der Waals surface area contributed by atoms with Gasteiger partial charge in [0, 0.05) is 35.3 Å². The molecule has 0 aliphatic heterocycles. The molecule has 0 bridgehead atoms. The molecule has 33 heavy (non-hydrogen) atoms. The SMILES string of the molecule is CO[C@]1(C(=O)O)C[C@H](c2c(C(C)C)n(-c3ccc(F)c(F)c3)c3cc4cn[nH]c4c(F)c32)C1. The third-order valence-electron chi connectivity index (χ3n) is 6.73. The fraction of sp³-hybridized carbons (Fsp3) is 0.333. The van der Waals surface area contributed by atoms with Gasteiger partial charge in [0.2, 0.25) is 0 Å². The van der Waals surface area contributed by atoms with E-state index in [-0.39, 0.29) is 30.2 Å². The molecule has 1 saturated carbocycles. The normalized spacial score (nSPS) is 20.6. The minimum absolute atomic E-state index is 0.126. The molecule has 2 aromatic heterocycles. The van der Waals surface area contributed by atoms with Gasteiger partial charge < -0.3 is 14.4 Å². The summed E-state index contributed by atoms with van der Waals surface area (Å²) >= 11 is 0. The lowest BCUT2D eigenvalue weighted by molar-refractivity contribution is -0.175. The molecule has 0 amide bonds. The lowest BCUT2D eigenvalue weighted by Crippen LogP contribution is -2.51. The molecule has 0 radical (unpaired) electrons. The molecule has 2 N–H and O–H groups in total. The van der Waals surface area contributed by atoms with E-state index in [0.29, 0.717) is 27.5 Å². The van der Waals surface area contributed by atoms with E-state index in [1.807, 2.05) is 13.8 Å². The van der Waals surface area contributed by atoms with E-state index in [4.69, 9.17) is 4.74 Å². The molecule has 6 nitrogen and oxygen atoms in total. The fourth-order valence-corrected chi connectivity index (χ4v) is 5.10. The van der Waals surface area contributed by atoms with E-state index in [1.54, 1.807) is 10.6 Å². The smallest absolute Gasteiger partial charge is 0.335 e. The Hall–Kier alpha value is -3.33. The van der Waals surface area contributed by atoms with Crippen LogP contribution in [0.1, 0.15) is 49.8 Å². The van der Waals surface area contributed by atoms with Crippen molar-refractivity contribution in [3.63, 3.8) is 0 Å². The van der Waals surface area contributed by atoms with Gasteiger partial charge in [0.1, 0.15) is 5.52 Å². The van der Waals surface area contributed by atoms with Crippen LogP contribution in [0.4, 0.5) is 13.2 Å². The molecular formula is C24H22F3N3O3. The summed E-state index contributed by atoms with van der Waals surface area (Å²) in [5.41, 5.74) is 1.12. The average Bonchev–Trinajstić information content (AvgIpc) is 3.33. The topological polar surface area (TPSA) is 80.1 Å². The number of halogens is 3. The maximum Gasteiger partial charge on any atom is 0.335 e. The van der Waals surface area contributed by atoms with E-state index in [9.17, 15) is 18.7 Å². The van der Waals surface area contributed by atoms with Crippen LogP contribution in [-0.4, -0.2) is 38.6 Å². The number of rotatable bonds is 5. The molecule has 0 unspecified atom stereocenters. The second-order valence-corrected chi connectivity index (χ2v) is 8.92. The van der Waals surface area contributed by atoms with Crippen molar-refractivity contribution < 1.29 is 27.8 Å². The van der Waals surface area contributed by atoms with Crippen molar-refractivity contribution in [2.75, 3.05) is 7.11 Å². The van der Waals surface area contributed by atoms with Crippen molar-refractivity contribution >= 4 is 27.8 Å². The van der Waals surface area contributed by atoms with Gasteiger partial charge in [-0.05, 0) is 48.4 Å². The number of hydrogen-bond acceptors (Lipinski definition) is 3. The summed E-state index contributed by atoms with van der Waals surface area (Å²) in [5, 5.41) is 17.1. The molecule has 2 heterocycles. The fourth-order valence-electron chi connectivity index (χ4n) is 5.10. The first kappa shape index (κ1) is 21.5. The zero-order valence-electron chi connectivity index (χ0n) is 18.2. The number of carbonyl (C=O) groups is 1. The van der Waals surface area contributed by atoms with Crippen LogP contribution in [0.2, 0.25) is 0 Å². The molecule has 2 aromatic carbocycles. The molecule has 172 valence electrons. The highest BCUT2D eigenvalue weighted by Crippen LogP contribution is 2.52. The number of benzene rings is 2. The number of carboxylic acid groups (broad SMARTS) is 1. The van der Waals surface area contributed by atoms with E-state index in [0.717, 1.165) is 17.8 Å². The molecule has 9 heteroatoms. The molecule has 0 saturated heterocycles. The summed E-state index contributed by atoms with van der Waals surface area (Å²) in [6, 6.07) is 5.33. The number of nitrogens with one attached hydrogen (secondary N) is 1. The third kappa shape index (κ3) is 2.98. The Balaban J connectivity index is 1.85. The first-order valence-electron chi connectivity index (χ1n) is 10.6. The molecule has 5 rings (SSSR count). The highest BCUT2D eigenvalue weighted by molar-refractivity contribution is 6.00. The van der Waals surface area contributed by atoms with E-state index in [1.165, 1.54) is 19.4 Å². The Labute approximate surface area is 187 Å². The van der Waals surface area contributed by atoms with E-state index in [2.05, 4.69) is 10.2 Å². The molecule has 1 fully saturated rings. The molecule has 4 aromatic rings. The molecule has 1 aliphatic carbocycles. The number of aromatic nitrogens is 3. The predicted octanol–water partition coefficient (Wildman–Crippen LogP) is 5.39. The lowest BCUT2D eigenvalue weighted by Gasteiger charge is -2.43. The largest absolute Gasteiger partial charge is 0.479 e. The van der Waals surface area contributed by atoms with Gasteiger partial charge >= 0.3 is 5.97 Å². The van der Waals surface area contributed by atoms with Crippen LogP contribution in [0.25, 0.3) is 27.5 Å². The Kier molecular flexibility index (Phi) is 4.79. The molecule has 0 spiro atoms. The standard InChI is InChI=1S/C24H22F3N3O3/c1-11(2)22-18(13-8-24(9-13,33-3)23(31)32)19-17(6-12-10-28-29-21(12)20(19)27)30(22)14-4-5-15(25)16(26)7-14/h4-7,10-11,13H,8-9H2,1-3H3,(H,28,29)(H,31,32)/t13-,24+. The summed E-state index contributed by atoms with van der Waals surface area (Å²) in [4.78, 5) is 11.8. The number of aromatic amines is 1. The van der Waals surface area contributed by atoms with Crippen LogP contribution in [0, 0.1) is 17.5 Å². The summed E-state index contributed by atoms with van der Waals surface area (Å²) in [6.45, 7) is 3.86. The van der Waals surface area contributed by atoms with Crippen LogP contribution in [0.5, 0.6) is 0 Å². The highest BCUT2D eigenvalue weighted by atomic mass is 19.2. The van der Waals surface area contributed by atoms with Crippen molar-refractivity contribution in [3.05, 3.63) is 59.2 Å². The summed E-state index contributed by atoms with van der Waals surface area (Å²) in [7, 11) is 1.35. The van der Waals surface area contributed by atoms with Gasteiger partial charge in [-0.15, -0.1) is 0 Å². The minimum Gasteiger partial charge on any atom is -0.479 e. The number of hydrogen-bond donors (Lipinski definition) is 2. The lowest BCUT2D eigenvalue weighted by atomic mass is 9.66. The minimum atomic E-state index is -1.33. The van der Waals surface area contributed by atoms with Crippen LogP contribution < -0.4 is 0 Å². The predicted molar refractivity (Wildman–Crippen MR) is 116 cm³/mol. The zero-order valence-corrected chi connectivity index (χ0v) is 18.2. The number of nitrogens with zero attached hydrogens (tertiary/aromatic N) is 2. The Morgan fingerprint density at radius 3 is 2.58 bits per heavy atom. The zero-order chi connectivity index (χ0) is 23.7. The van der Waals surface area contributed by atoms with Gasteiger partial charge in [0.25, 0.3) is 0 Å². The van der Waals surface area contributed by atoms with Crippen molar-refractivity contribution in [1.82, 2.24) is 14.8 Å². The van der Waals surface area contributed by atoms with Crippen LogP contribution in [-0.2, 0) is 9.53 Å². The van der Waals surface area contributed by atoms with Gasteiger partial charge in [-0.1, -0.05) is 13.8 Å². The van der Waals surface area contributed by atoms with Crippen LogP contribution in [0.15, 0.2) is 30.5 Å². The third-order valence-corrected chi connectivity index (χ3v) is 6.73. The first-order valence-corrected chi connectivity index (χ1v) is 10.6. The quantitative estimate of drug-likeness (QED) is 0.421. The Morgan fingerprint density at radius 2 is 1.97 bits per heavy atom. The van der Waals surface area contributed by atoms with Gasteiger partial charge in [-0.3, -0.25) is 5.10 Å². The summed E-state index contributed by atoms with van der Waals surface area (Å²) in [6.07, 6.45) is 1.85. The number of H-pyrrole nitrogens is 1. The number of ether oxygens (including phenoxy) is 1. The Bertz CT molecular complexity index is 1420. The maximum absolute atomic E-state index is 15.9.